The largest absolute Gasteiger partial charge is 0.319 e. The second-order valence-electron chi connectivity index (χ2n) is 3.45. The minimum atomic E-state index is -0.816. The molecule has 2 N–H and O–H groups in total. The number of carbonyl (C=O) groups is 1. The van der Waals surface area contributed by atoms with E-state index in [1.807, 2.05) is 30.3 Å². The number of aldehydes is 1. The van der Waals surface area contributed by atoms with Crippen LogP contribution in [-0.2, 0) is 11.2 Å². The highest BCUT2D eigenvalue weighted by Gasteiger charge is 2.23. The van der Waals surface area contributed by atoms with E-state index in [4.69, 9.17) is 17.3 Å². The van der Waals surface area contributed by atoms with Gasteiger partial charge in [-0.05, 0) is 18.4 Å². The summed E-state index contributed by atoms with van der Waals surface area (Å²) in [4.78, 5) is 10.8. The number of benzene rings is 1. The van der Waals surface area contributed by atoms with Crippen molar-refractivity contribution < 1.29 is 4.79 Å². The first-order valence-electron chi connectivity index (χ1n) is 4.55. The molecule has 0 spiro atoms. The van der Waals surface area contributed by atoms with Crippen molar-refractivity contribution in [1.82, 2.24) is 0 Å². The normalized spacial score (nSPS) is 14.7. The van der Waals surface area contributed by atoms with Gasteiger partial charge in [-0.1, -0.05) is 30.3 Å². The second kappa shape index (κ2) is 5.13. The average Bonchev–Trinajstić information content (AvgIpc) is 2.20. The Bertz CT molecular complexity index is 289. The van der Waals surface area contributed by atoms with Crippen LogP contribution in [0.3, 0.4) is 0 Å². The molecule has 1 rings (SSSR count). The maximum Gasteiger partial charge on any atom is 0.140 e. The van der Waals surface area contributed by atoms with Gasteiger partial charge in [0.15, 0.2) is 0 Å². The number of hydrogen-bond acceptors (Lipinski definition) is 2. The Morgan fingerprint density at radius 2 is 2.00 bits per heavy atom. The number of hydrogen-bond donors (Lipinski definition) is 1. The van der Waals surface area contributed by atoms with Crippen LogP contribution in [0.25, 0.3) is 0 Å². The van der Waals surface area contributed by atoms with E-state index in [1.165, 1.54) is 0 Å². The summed E-state index contributed by atoms with van der Waals surface area (Å²) < 4.78 is 0. The molecule has 0 aliphatic carbocycles. The average molecular weight is 212 g/mol. The van der Waals surface area contributed by atoms with Crippen LogP contribution in [0, 0.1) is 0 Å². The highest BCUT2D eigenvalue weighted by Crippen LogP contribution is 2.13. The van der Waals surface area contributed by atoms with Crippen LogP contribution >= 0.6 is 11.6 Å². The highest BCUT2D eigenvalue weighted by molar-refractivity contribution is 6.18. The third kappa shape index (κ3) is 3.13. The first kappa shape index (κ1) is 11.2. The Labute approximate surface area is 89.1 Å². The van der Waals surface area contributed by atoms with E-state index in [9.17, 15) is 4.79 Å². The molecule has 14 heavy (non-hydrogen) atoms. The number of carbonyl (C=O) groups excluding carboxylic acids is 1. The summed E-state index contributed by atoms with van der Waals surface area (Å²) in [6, 6.07) is 9.71. The first-order valence-corrected chi connectivity index (χ1v) is 5.09. The molecule has 0 aromatic heterocycles. The lowest BCUT2D eigenvalue weighted by Gasteiger charge is -2.21. The van der Waals surface area contributed by atoms with Gasteiger partial charge in [-0.3, -0.25) is 0 Å². The molecule has 0 fully saturated rings. The summed E-state index contributed by atoms with van der Waals surface area (Å²) in [6.07, 6.45) is 1.85. The van der Waals surface area contributed by atoms with E-state index >= 15 is 0 Å². The Kier molecular flexibility index (Phi) is 4.11. The van der Waals surface area contributed by atoms with Crippen LogP contribution in [0.4, 0.5) is 0 Å². The Balaban J connectivity index is 2.70. The van der Waals surface area contributed by atoms with Crippen LogP contribution < -0.4 is 5.73 Å². The number of nitrogens with two attached hydrogens (primary N) is 1. The Morgan fingerprint density at radius 1 is 1.36 bits per heavy atom. The molecule has 0 heterocycles. The smallest absolute Gasteiger partial charge is 0.140 e. The predicted octanol–water partition coefficient (Wildman–Crippen LogP) is 1.75. The van der Waals surface area contributed by atoms with E-state index < -0.39 is 5.54 Å². The molecule has 1 unspecified atom stereocenters. The van der Waals surface area contributed by atoms with Gasteiger partial charge in [-0.2, -0.15) is 0 Å². The maximum absolute atomic E-state index is 10.8. The number of alkyl halides is 1. The lowest BCUT2D eigenvalue weighted by Crippen LogP contribution is -2.44. The predicted molar refractivity (Wildman–Crippen MR) is 58.5 cm³/mol. The fraction of sp³-hybridized carbons (Fsp3) is 0.364. The van der Waals surface area contributed by atoms with Gasteiger partial charge in [0.1, 0.15) is 6.29 Å². The monoisotopic (exact) mass is 211 g/mol. The van der Waals surface area contributed by atoms with Gasteiger partial charge >= 0.3 is 0 Å². The Hall–Kier alpha value is -0.860. The molecule has 3 heteroatoms. The van der Waals surface area contributed by atoms with Gasteiger partial charge in [0.05, 0.1) is 5.54 Å². The van der Waals surface area contributed by atoms with Crippen molar-refractivity contribution >= 4 is 17.9 Å². The van der Waals surface area contributed by atoms with E-state index in [0.717, 1.165) is 11.8 Å². The quantitative estimate of drug-likeness (QED) is 0.596. The topological polar surface area (TPSA) is 43.1 Å². The summed E-state index contributed by atoms with van der Waals surface area (Å²) in [5.74, 6) is 0.405. The van der Waals surface area contributed by atoms with Crippen molar-refractivity contribution in [3.8, 4) is 0 Å². The molecule has 0 saturated carbocycles. The molecule has 1 atom stereocenters. The van der Waals surface area contributed by atoms with Crippen LogP contribution in [0.2, 0.25) is 0 Å². The van der Waals surface area contributed by atoms with E-state index in [-0.39, 0.29) is 0 Å². The van der Waals surface area contributed by atoms with E-state index in [1.54, 1.807) is 0 Å². The molecule has 0 saturated heterocycles. The van der Waals surface area contributed by atoms with Gasteiger partial charge in [-0.25, -0.2) is 0 Å². The van der Waals surface area contributed by atoms with Gasteiger partial charge in [-0.15, -0.1) is 11.6 Å². The lowest BCUT2D eigenvalue weighted by atomic mass is 9.91. The van der Waals surface area contributed by atoms with Gasteiger partial charge in [0.25, 0.3) is 0 Å². The summed E-state index contributed by atoms with van der Waals surface area (Å²) in [7, 11) is 0. The third-order valence-electron chi connectivity index (χ3n) is 2.17. The fourth-order valence-corrected chi connectivity index (χ4v) is 1.69. The Morgan fingerprint density at radius 3 is 2.50 bits per heavy atom. The molecule has 0 aliphatic rings. The molecule has 1 aromatic carbocycles. The van der Waals surface area contributed by atoms with Crippen molar-refractivity contribution in [3.05, 3.63) is 35.9 Å². The lowest BCUT2D eigenvalue weighted by molar-refractivity contribution is -0.112. The third-order valence-corrected chi connectivity index (χ3v) is 2.36. The zero-order valence-electron chi connectivity index (χ0n) is 7.95. The summed E-state index contributed by atoms with van der Waals surface area (Å²) in [6.45, 7) is 0. The fourth-order valence-electron chi connectivity index (χ4n) is 1.34. The standard InChI is InChI=1S/C11H14ClNO/c12-7-6-11(13,9-14)8-10-4-2-1-3-5-10/h1-5,9H,6-8,13H2. The van der Waals surface area contributed by atoms with Crippen LogP contribution in [0.15, 0.2) is 30.3 Å². The van der Waals surface area contributed by atoms with Crippen LogP contribution in [0.1, 0.15) is 12.0 Å². The van der Waals surface area contributed by atoms with Gasteiger partial charge in [0.2, 0.25) is 0 Å². The van der Waals surface area contributed by atoms with Crippen molar-refractivity contribution in [1.29, 1.82) is 0 Å². The van der Waals surface area contributed by atoms with Crippen LogP contribution in [0.5, 0.6) is 0 Å². The number of halogens is 1. The molecule has 76 valence electrons. The molecule has 0 radical (unpaired) electrons. The highest BCUT2D eigenvalue weighted by atomic mass is 35.5. The molecule has 1 aromatic rings. The van der Waals surface area contributed by atoms with E-state index in [2.05, 4.69) is 0 Å². The summed E-state index contributed by atoms with van der Waals surface area (Å²) in [5, 5.41) is 0. The van der Waals surface area contributed by atoms with Crippen molar-refractivity contribution in [2.45, 2.75) is 18.4 Å². The SMILES string of the molecule is NC(C=O)(CCCl)Cc1ccccc1. The molecule has 0 bridgehead atoms. The first-order chi connectivity index (χ1) is 6.70. The zero-order chi connectivity index (χ0) is 10.4. The molecule has 0 amide bonds. The minimum absolute atomic E-state index is 0.405. The van der Waals surface area contributed by atoms with Gasteiger partial charge < -0.3 is 10.5 Å². The zero-order valence-corrected chi connectivity index (χ0v) is 8.70. The van der Waals surface area contributed by atoms with Crippen LogP contribution in [-0.4, -0.2) is 17.7 Å². The summed E-state index contributed by atoms with van der Waals surface area (Å²) in [5.41, 5.74) is 6.13. The van der Waals surface area contributed by atoms with Crippen molar-refractivity contribution in [3.63, 3.8) is 0 Å². The van der Waals surface area contributed by atoms with E-state index in [0.29, 0.717) is 18.7 Å². The molecule has 0 aliphatic heterocycles. The minimum Gasteiger partial charge on any atom is -0.319 e. The van der Waals surface area contributed by atoms with Crippen molar-refractivity contribution in [2.75, 3.05) is 5.88 Å². The van der Waals surface area contributed by atoms with Crippen molar-refractivity contribution in [2.24, 2.45) is 5.73 Å². The molecular formula is C11H14ClNO. The maximum atomic E-state index is 10.8. The summed E-state index contributed by atoms with van der Waals surface area (Å²) >= 11 is 5.59. The molecular weight excluding hydrogens is 198 g/mol. The second-order valence-corrected chi connectivity index (χ2v) is 3.83. The number of rotatable bonds is 5. The van der Waals surface area contributed by atoms with Gasteiger partial charge in [0, 0.05) is 5.88 Å². The molecule has 2 nitrogen and oxygen atoms in total.